The number of hydrogen-bond acceptors (Lipinski definition) is 4. The van der Waals surface area contributed by atoms with Crippen LogP contribution >= 0.6 is 22.6 Å². The summed E-state index contributed by atoms with van der Waals surface area (Å²) in [6.07, 6.45) is 3.58. The molecule has 0 unspecified atom stereocenters. The van der Waals surface area contributed by atoms with Crippen molar-refractivity contribution in [1.29, 1.82) is 0 Å². The lowest BCUT2D eigenvalue weighted by molar-refractivity contribution is -0.117. The number of rotatable bonds is 2. The van der Waals surface area contributed by atoms with Gasteiger partial charge in [0.25, 0.3) is 5.91 Å². The Balaban J connectivity index is 2.07. The number of aliphatic hydroxyl groups excluding tert-OH is 1. The van der Waals surface area contributed by atoms with Gasteiger partial charge >= 0.3 is 0 Å². The number of hydrogen-bond donors (Lipinski definition) is 2. The second-order valence-corrected chi connectivity index (χ2v) is 5.32. The first-order valence-electron chi connectivity index (χ1n) is 4.98. The van der Waals surface area contributed by atoms with Gasteiger partial charge in [0.05, 0.1) is 12.7 Å². The Morgan fingerprint density at radius 3 is 3.06 bits per heavy atom. The van der Waals surface area contributed by atoms with E-state index in [1.807, 2.05) is 0 Å². The summed E-state index contributed by atoms with van der Waals surface area (Å²) in [5.74, 6) is 0.337. The normalized spacial score (nSPS) is 34.4. The molecule has 88 valence electrons. The van der Waals surface area contributed by atoms with E-state index >= 15 is 0 Å². The van der Waals surface area contributed by atoms with Crippen molar-refractivity contribution in [1.82, 2.24) is 10.2 Å². The van der Waals surface area contributed by atoms with Crippen LogP contribution in [0.3, 0.4) is 0 Å². The minimum atomic E-state index is -0.177. The van der Waals surface area contributed by atoms with Crippen molar-refractivity contribution < 1.29 is 14.6 Å². The summed E-state index contributed by atoms with van der Waals surface area (Å²) in [5.41, 5.74) is 0. The van der Waals surface area contributed by atoms with Crippen molar-refractivity contribution in [2.75, 3.05) is 6.61 Å². The molecule has 0 saturated carbocycles. The van der Waals surface area contributed by atoms with Gasteiger partial charge in [-0.05, 0) is 0 Å². The highest BCUT2D eigenvalue weighted by Crippen LogP contribution is 2.30. The maximum Gasteiger partial charge on any atom is 0.250 e. The van der Waals surface area contributed by atoms with Gasteiger partial charge in [-0.1, -0.05) is 29.2 Å². The van der Waals surface area contributed by atoms with E-state index in [1.165, 1.54) is 6.08 Å². The van der Waals surface area contributed by atoms with Crippen LogP contribution < -0.4 is 5.32 Å². The van der Waals surface area contributed by atoms with Crippen LogP contribution in [0.15, 0.2) is 24.7 Å². The molecule has 2 rings (SSSR count). The van der Waals surface area contributed by atoms with E-state index in [2.05, 4.69) is 34.5 Å². The Morgan fingerprint density at radius 2 is 2.50 bits per heavy atom. The summed E-state index contributed by atoms with van der Waals surface area (Å²) in [6, 6.07) is 0. The third-order valence-corrected chi connectivity index (χ3v) is 3.93. The molecular formula is C10H13IN2O3. The second-order valence-electron chi connectivity index (χ2n) is 3.72. The molecule has 0 spiro atoms. The summed E-state index contributed by atoms with van der Waals surface area (Å²) in [7, 11) is 0. The number of carbonyl (C=O) groups excluding carboxylic acids is 1. The molecule has 1 saturated heterocycles. The first kappa shape index (κ1) is 11.9. The monoisotopic (exact) mass is 336 g/mol. The molecule has 2 aliphatic heterocycles. The molecule has 2 aliphatic rings. The van der Waals surface area contributed by atoms with Crippen LogP contribution in [0.2, 0.25) is 0 Å². The third kappa shape index (κ3) is 2.23. The number of aliphatic hydroxyl groups is 1. The predicted molar refractivity (Wildman–Crippen MR) is 66.4 cm³/mol. The molecule has 0 aliphatic carbocycles. The summed E-state index contributed by atoms with van der Waals surface area (Å²) >= 11 is 2.26. The molecular weight excluding hydrogens is 323 g/mol. The molecule has 0 aromatic carbocycles. The molecule has 0 aromatic rings. The topological polar surface area (TPSA) is 61.8 Å². The van der Waals surface area contributed by atoms with Crippen LogP contribution in [0.1, 0.15) is 6.42 Å². The highest BCUT2D eigenvalue weighted by Gasteiger charge is 2.37. The van der Waals surface area contributed by atoms with E-state index in [-0.39, 0.29) is 28.8 Å². The average Bonchev–Trinajstić information content (AvgIpc) is 2.59. The van der Waals surface area contributed by atoms with Crippen LogP contribution in [0.4, 0.5) is 0 Å². The highest BCUT2D eigenvalue weighted by molar-refractivity contribution is 14.1. The van der Waals surface area contributed by atoms with Gasteiger partial charge in [0.1, 0.15) is 12.0 Å². The number of amides is 1. The van der Waals surface area contributed by atoms with E-state index in [9.17, 15) is 4.79 Å². The van der Waals surface area contributed by atoms with Crippen molar-refractivity contribution in [2.24, 2.45) is 0 Å². The van der Waals surface area contributed by atoms with Gasteiger partial charge < -0.3 is 20.1 Å². The van der Waals surface area contributed by atoms with Crippen LogP contribution in [-0.2, 0) is 9.53 Å². The molecule has 5 nitrogen and oxygen atoms in total. The van der Waals surface area contributed by atoms with E-state index in [4.69, 9.17) is 9.84 Å². The van der Waals surface area contributed by atoms with E-state index in [1.54, 1.807) is 11.1 Å². The van der Waals surface area contributed by atoms with Crippen LogP contribution in [-0.4, -0.2) is 38.8 Å². The van der Waals surface area contributed by atoms with E-state index in [0.29, 0.717) is 5.82 Å². The summed E-state index contributed by atoms with van der Waals surface area (Å²) < 4.78 is 5.94. The third-order valence-electron chi connectivity index (χ3n) is 2.62. The highest BCUT2D eigenvalue weighted by atomic mass is 127. The van der Waals surface area contributed by atoms with Gasteiger partial charge in [-0.2, -0.15) is 0 Å². The van der Waals surface area contributed by atoms with E-state index in [0.717, 1.165) is 6.42 Å². The average molecular weight is 336 g/mol. The lowest BCUT2D eigenvalue weighted by Crippen LogP contribution is -2.41. The molecule has 3 atom stereocenters. The zero-order valence-corrected chi connectivity index (χ0v) is 10.8. The lowest BCUT2D eigenvalue weighted by Gasteiger charge is -2.31. The number of carbonyl (C=O) groups is 1. The van der Waals surface area contributed by atoms with Gasteiger partial charge in [0.2, 0.25) is 0 Å². The minimum absolute atomic E-state index is 0.0144. The number of halogens is 1. The number of ether oxygens (including phenoxy) is 1. The van der Waals surface area contributed by atoms with E-state index < -0.39 is 0 Å². The fourth-order valence-corrected chi connectivity index (χ4v) is 2.61. The SMILES string of the molecule is C=C1NC(=O)C=CN1[C@H]1C[C@@H](I)[C@@H](CO)O1. The zero-order valence-electron chi connectivity index (χ0n) is 8.60. The molecule has 2 heterocycles. The van der Waals surface area contributed by atoms with Crippen LogP contribution in [0.25, 0.3) is 0 Å². The van der Waals surface area contributed by atoms with Crippen LogP contribution in [0, 0.1) is 0 Å². The van der Waals surface area contributed by atoms with Crippen molar-refractivity contribution in [3.63, 3.8) is 0 Å². The van der Waals surface area contributed by atoms with Crippen LogP contribution in [0.5, 0.6) is 0 Å². The maximum absolute atomic E-state index is 11.1. The van der Waals surface area contributed by atoms with Crippen molar-refractivity contribution in [2.45, 2.75) is 22.7 Å². The molecule has 0 bridgehead atoms. The summed E-state index contributed by atoms with van der Waals surface area (Å²) in [4.78, 5) is 12.8. The molecule has 16 heavy (non-hydrogen) atoms. The summed E-state index contributed by atoms with van der Waals surface area (Å²) in [5, 5.41) is 11.7. The standard InChI is InChI=1S/C10H13IN2O3/c1-6-12-9(15)2-3-13(6)10-4-7(11)8(5-14)16-10/h2-3,7-8,10,14H,1,4-5H2,(H,12,15)/t7-,8-,10-/m1/s1. The Morgan fingerprint density at radius 1 is 1.75 bits per heavy atom. The first-order valence-corrected chi connectivity index (χ1v) is 6.23. The van der Waals surface area contributed by atoms with Gasteiger partial charge in [-0.3, -0.25) is 4.79 Å². The first-order chi connectivity index (χ1) is 7.61. The van der Waals surface area contributed by atoms with Gasteiger partial charge in [-0.15, -0.1) is 0 Å². The summed E-state index contributed by atoms with van der Waals surface area (Å²) in [6.45, 7) is 3.78. The second kappa shape index (κ2) is 4.72. The fourth-order valence-electron chi connectivity index (χ4n) is 1.78. The van der Waals surface area contributed by atoms with Crippen molar-refractivity contribution in [3.8, 4) is 0 Å². The minimum Gasteiger partial charge on any atom is -0.394 e. The zero-order chi connectivity index (χ0) is 11.7. The Kier molecular flexibility index (Phi) is 3.50. The molecule has 6 heteroatoms. The maximum atomic E-state index is 11.1. The number of nitrogens with one attached hydrogen (secondary N) is 1. The Bertz CT molecular complexity index is 345. The smallest absolute Gasteiger partial charge is 0.250 e. The molecule has 0 radical (unpaired) electrons. The molecule has 1 fully saturated rings. The Hall–Kier alpha value is -0.600. The Labute approximate surface area is 107 Å². The quantitative estimate of drug-likeness (QED) is 0.563. The fraction of sp³-hybridized carbons (Fsp3) is 0.500. The lowest BCUT2D eigenvalue weighted by atomic mass is 10.2. The predicted octanol–water partition coefficient (Wildman–Crippen LogP) is 0.314. The molecule has 2 N–H and O–H groups in total. The van der Waals surface area contributed by atoms with Gasteiger partial charge in [0, 0.05) is 22.6 Å². The van der Waals surface area contributed by atoms with Gasteiger partial charge in [0.15, 0.2) is 0 Å². The van der Waals surface area contributed by atoms with Crippen molar-refractivity contribution >= 4 is 28.5 Å². The number of alkyl halides is 1. The number of nitrogens with zero attached hydrogens (tertiary/aromatic N) is 1. The van der Waals surface area contributed by atoms with Crippen molar-refractivity contribution in [3.05, 3.63) is 24.7 Å². The molecule has 1 amide bonds. The van der Waals surface area contributed by atoms with Gasteiger partial charge in [-0.25, -0.2) is 0 Å². The molecule has 0 aromatic heterocycles. The largest absolute Gasteiger partial charge is 0.394 e.